The first-order valence-corrected chi connectivity index (χ1v) is 8.60. The second-order valence-corrected chi connectivity index (χ2v) is 6.28. The Morgan fingerprint density at radius 1 is 1.04 bits per heavy atom. The number of nitro benzene ring substituents is 1. The third-order valence-corrected chi connectivity index (χ3v) is 4.27. The summed E-state index contributed by atoms with van der Waals surface area (Å²) in [5, 5.41) is 11.2. The Balaban J connectivity index is 2.00. The number of amides is 1. The molecule has 2 heterocycles. The highest BCUT2D eigenvalue weighted by Gasteiger charge is 2.27. The van der Waals surface area contributed by atoms with E-state index in [1.807, 2.05) is 29.2 Å². The summed E-state index contributed by atoms with van der Waals surface area (Å²) in [7, 11) is 0. The van der Waals surface area contributed by atoms with Gasteiger partial charge in [-0.05, 0) is 34.9 Å². The van der Waals surface area contributed by atoms with Crippen LogP contribution in [0, 0.1) is 10.1 Å². The lowest BCUT2D eigenvalue weighted by atomic mass is 10.0. The molecule has 3 rings (SSSR count). The van der Waals surface area contributed by atoms with Crippen LogP contribution in [0.1, 0.15) is 22.7 Å². The number of hydrogen-bond donors (Lipinski definition) is 1. The molecule has 28 heavy (non-hydrogen) atoms. The largest absolute Gasteiger partial charge is 0.368 e. The summed E-state index contributed by atoms with van der Waals surface area (Å²) in [6, 6.07) is 12.6. The molecular weight excluding hydrogens is 358 g/mol. The lowest BCUT2D eigenvalue weighted by Gasteiger charge is -2.30. The highest BCUT2D eigenvalue weighted by Crippen LogP contribution is 2.27. The topological polar surface area (TPSA) is 115 Å². The van der Waals surface area contributed by atoms with Crippen molar-refractivity contribution in [2.75, 3.05) is 0 Å². The number of carbonyl (C=O) groups is 1. The van der Waals surface area contributed by atoms with E-state index in [4.69, 9.17) is 5.73 Å². The number of pyridine rings is 2. The molecule has 0 spiro atoms. The first kappa shape index (κ1) is 19.1. The van der Waals surface area contributed by atoms with Crippen molar-refractivity contribution in [1.29, 1.82) is 0 Å². The second-order valence-electron chi connectivity index (χ2n) is 6.28. The zero-order chi connectivity index (χ0) is 19.9. The molecule has 2 aromatic heterocycles. The van der Waals surface area contributed by atoms with Gasteiger partial charge in [0.05, 0.1) is 4.92 Å². The predicted molar refractivity (Wildman–Crippen MR) is 103 cm³/mol. The first-order valence-electron chi connectivity index (χ1n) is 8.60. The number of non-ortho nitro benzene ring substituents is 1. The molecule has 0 aliphatic rings. The van der Waals surface area contributed by atoms with E-state index in [1.54, 1.807) is 36.9 Å². The fourth-order valence-electron chi connectivity index (χ4n) is 3.05. The van der Waals surface area contributed by atoms with E-state index in [1.165, 1.54) is 12.1 Å². The molecule has 2 N–H and O–H groups in total. The minimum Gasteiger partial charge on any atom is -0.368 e. The van der Waals surface area contributed by atoms with E-state index < -0.39 is 16.9 Å². The van der Waals surface area contributed by atoms with E-state index in [-0.39, 0.29) is 5.69 Å². The molecule has 8 heteroatoms. The summed E-state index contributed by atoms with van der Waals surface area (Å²) in [5.41, 5.74) is 7.94. The maximum Gasteiger partial charge on any atom is 0.269 e. The molecule has 0 fully saturated rings. The zero-order valence-corrected chi connectivity index (χ0v) is 15.0. The van der Waals surface area contributed by atoms with Crippen LogP contribution in [0.5, 0.6) is 0 Å². The highest BCUT2D eigenvalue weighted by atomic mass is 16.6. The van der Waals surface area contributed by atoms with E-state index in [0.29, 0.717) is 18.7 Å². The van der Waals surface area contributed by atoms with Crippen LogP contribution in [0.3, 0.4) is 0 Å². The number of nitro groups is 1. The van der Waals surface area contributed by atoms with E-state index >= 15 is 0 Å². The maximum absolute atomic E-state index is 12.4. The van der Waals surface area contributed by atoms with Gasteiger partial charge in [-0.15, -0.1) is 0 Å². The highest BCUT2D eigenvalue weighted by molar-refractivity contribution is 5.81. The third kappa shape index (κ3) is 4.74. The van der Waals surface area contributed by atoms with Gasteiger partial charge < -0.3 is 5.73 Å². The molecule has 0 aliphatic heterocycles. The van der Waals surface area contributed by atoms with Crippen LogP contribution >= 0.6 is 0 Å². The fraction of sp³-hybridized carbons (Fsp3) is 0.150. The van der Waals surface area contributed by atoms with Crippen LogP contribution in [0.4, 0.5) is 5.69 Å². The lowest BCUT2D eigenvalue weighted by Crippen LogP contribution is -2.37. The molecule has 0 radical (unpaired) electrons. The van der Waals surface area contributed by atoms with Gasteiger partial charge in [-0.3, -0.25) is 29.8 Å². The molecule has 142 valence electrons. The summed E-state index contributed by atoms with van der Waals surface area (Å²) in [6.45, 7) is 0.806. The monoisotopic (exact) mass is 377 g/mol. The van der Waals surface area contributed by atoms with Crippen molar-refractivity contribution in [2.45, 2.75) is 19.1 Å². The lowest BCUT2D eigenvalue weighted by molar-refractivity contribution is -0.384. The Morgan fingerprint density at radius 2 is 1.79 bits per heavy atom. The average Bonchev–Trinajstić information content (AvgIpc) is 2.69. The number of carbonyl (C=O) groups excluding carboxylic acids is 1. The average molecular weight is 377 g/mol. The van der Waals surface area contributed by atoms with Gasteiger partial charge in [0.2, 0.25) is 5.91 Å². The Labute approximate surface area is 161 Å². The summed E-state index contributed by atoms with van der Waals surface area (Å²) >= 11 is 0. The normalized spacial score (nSPS) is 11.9. The van der Waals surface area contributed by atoms with E-state index in [9.17, 15) is 14.9 Å². The number of aromatic nitrogens is 2. The standard InChI is InChI=1S/C20H19N5O3/c21-20(26)19(17-4-1-5-18(11-17)25(27)28)24(13-15-6-9-22-10-7-15)14-16-3-2-8-23-12-16/h1-12,19H,13-14H2,(H2,21,26). The van der Waals surface area contributed by atoms with Gasteiger partial charge in [0.1, 0.15) is 6.04 Å². The number of hydrogen-bond acceptors (Lipinski definition) is 6. The van der Waals surface area contributed by atoms with Gasteiger partial charge >= 0.3 is 0 Å². The van der Waals surface area contributed by atoms with E-state index in [0.717, 1.165) is 11.1 Å². The summed E-state index contributed by atoms with van der Waals surface area (Å²) < 4.78 is 0. The molecule has 0 saturated carbocycles. The zero-order valence-electron chi connectivity index (χ0n) is 15.0. The SMILES string of the molecule is NC(=O)C(c1cccc([N+](=O)[O-])c1)N(Cc1ccncc1)Cc1cccnc1. The van der Waals surface area contributed by atoms with Gasteiger partial charge in [0, 0.05) is 50.0 Å². The first-order chi connectivity index (χ1) is 13.5. The summed E-state index contributed by atoms with van der Waals surface area (Å²) in [5.74, 6) is -0.585. The Bertz CT molecular complexity index is 909. The van der Waals surface area contributed by atoms with Gasteiger partial charge in [0.15, 0.2) is 0 Å². The van der Waals surface area contributed by atoms with Crippen molar-refractivity contribution in [3.63, 3.8) is 0 Å². The molecule has 0 aliphatic carbocycles. The quantitative estimate of drug-likeness (QED) is 0.476. The molecule has 0 saturated heterocycles. The smallest absolute Gasteiger partial charge is 0.269 e. The van der Waals surface area contributed by atoms with E-state index in [2.05, 4.69) is 9.97 Å². The number of benzene rings is 1. The van der Waals surface area contributed by atoms with Crippen LogP contribution in [0.2, 0.25) is 0 Å². The van der Waals surface area contributed by atoms with Gasteiger partial charge in [-0.2, -0.15) is 0 Å². The number of nitrogens with two attached hydrogens (primary N) is 1. The van der Waals surface area contributed by atoms with Crippen molar-refractivity contribution >= 4 is 11.6 Å². The van der Waals surface area contributed by atoms with Gasteiger partial charge in [-0.25, -0.2) is 0 Å². The Kier molecular flexibility index (Phi) is 6.03. The molecule has 0 bridgehead atoms. The fourth-order valence-corrected chi connectivity index (χ4v) is 3.05. The molecule has 1 aromatic carbocycles. The Morgan fingerprint density at radius 3 is 2.43 bits per heavy atom. The van der Waals surface area contributed by atoms with Crippen LogP contribution < -0.4 is 5.73 Å². The van der Waals surface area contributed by atoms with Crippen molar-refractivity contribution in [1.82, 2.24) is 14.9 Å². The summed E-state index contributed by atoms with van der Waals surface area (Å²) in [6.07, 6.45) is 6.72. The van der Waals surface area contributed by atoms with Crippen molar-refractivity contribution in [3.05, 3.63) is 100 Å². The third-order valence-electron chi connectivity index (χ3n) is 4.27. The van der Waals surface area contributed by atoms with Crippen LogP contribution in [0.25, 0.3) is 0 Å². The summed E-state index contributed by atoms with van der Waals surface area (Å²) in [4.78, 5) is 33.0. The number of rotatable bonds is 8. The molecule has 3 aromatic rings. The molecule has 1 atom stereocenters. The predicted octanol–water partition coefficient (Wildman–Crippen LogP) is 2.61. The molecular formula is C20H19N5O3. The number of primary amides is 1. The van der Waals surface area contributed by atoms with Crippen LogP contribution in [-0.2, 0) is 17.9 Å². The molecule has 1 amide bonds. The minimum absolute atomic E-state index is 0.0889. The molecule has 8 nitrogen and oxygen atoms in total. The van der Waals surface area contributed by atoms with Crippen molar-refractivity contribution < 1.29 is 9.72 Å². The van der Waals surface area contributed by atoms with Crippen LogP contribution in [0.15, 0.2) is 73.3 Å². The minimum atomic E-state index is -0.840. The molecule has 1 unspecified atom stereocenters. The second kappa shape index (κ2) is 8.83. The van der Waals surface area contributed by atoms with Crippen LogP contribution in [-0.4, -0.2) is 25.7 Å². The van der Waals surface area contributed by atoms with Crippen molar-refractivity contribution in [2.24, 2.45) is 5.73 Å². The van der Waals surface area contributed by atoms with Crippen molar-refractivity contribution in [3.8, 4) is 0 Å². The maximum atomic E-state index is 12.4. The Hall–Kier alpha value is -3.65. The van der Waals surface area contributed by atoms with Gasteiger partial charge in [-0.1, -0.05) is 18.2 Å². The number of nitrogens with zero attached hydrogens (tertiary/aromatic N) is 4. The van der Waals surface area contributed by atoms with Gasteiger partial charge in [0.25, 0.3) is 5.69 Å².